The first-order chi connectivity index (χ1) is 7.91. The smallest absolute Gasteiger partial charge is 0.0712 e. The van der Waals surface area contributed by atoms with Gasteiger partial charge in [0.1, 0.15) is 0 Å². The predicted octanol–water partition coefficient (Wildman–Crippen LogP) is 4.34. The van der Waals surface area contributed by atoms with Crippen LogP contribution in [0.3, 0.4) is 0 Å². The maximum absolute atomic E-state index is 5.25. The van der Waals surface area contributed by atoms with E-state index in [2.05, 4.69) is 64.6 Å². The molecule has 0 aromatic heterocycles. The molecule has 0 aliphatic heterocycles. The fraction of sp³-hybridized carbons (Fsp3) is 0.688. The highest BCUT2D eigenvalue weighted by Crippen LogP contribution is 2.38. The van der Waals surface area contributed by atoms with Crippen molar-refractivity contribution in [2.75, 3.05) is 0 Å². The lowest BCUT2D eigenvalue weighted by Crippen LogP contribution is -2.36. The summed E-state index contributed by atoms with van der Waals surface area (Å²) in [6.45, 7) is 13.4. The number of hydrogen-bond donors (Lipinski definition) is 0. The van der Waals surface area contributed by atoms with Gasteiger partial charge in [-0.2, -0.15) is 0 Å². The van der Waals surface area contributed by atoms with Crippen LogP contribution < -0.4 is 0 Å². The van der Waals surface area contributed by atoms with Gasteiger partial charge in [0.15, 0.2) is 0 Å². The maximum Gasteiger partial charge on any atom is 0.0712 e. The van der Waals surface area contributed by atoms with Gasteiger partial charge in [0.2, 0.25) is 0 Å². The summed E-state index contributed by atoms with van der Waals surface area (Å²) >= 11 is 0. The summed E-state index contributed by atoms with van der Waals surface area (Å²) in [5.41, 5.74) is 0.154. The Bertz CT molecular complexity index is 304. The number of rotatable bonds is 6. The van der Waals surface area contributed by atoms with Crippen LogP contribution in [0.5, 0.6) is 0 Å². The van der Waals surface area contributed by atoms with Gasteiger partial charge < -0.3 is 0 Å². The number of nitrogens with zero attached hydrogens (tertiary/aromatic N) is 1. The third kappa shape index (κ3) is 4.38. The second-order valence-corrected chi connectivity index (χ2v) is 5.36. The Labute approximate surface area is 107 Å². The van der Waals surface area contributed by atoms with Crippen molar-refractivity contribution >= 4 is 6.21 Å². The Balaban J connectivity index is 4.95. The number of hydrogen-bond acceptors (Lipinski definition) is 1. The minimum absolute atomic E-state index is 0.154. The lowest BCUT2D eigenvalue weighted by molar-refractivity contribution is 0.146. The van der Waals surface area contributed by atoms with Crippen LogP contribution >= 0.6 is 0 Å². The quantitative estimate of drug-likeness (QED) is 0.367. The molecular formula is C16H27N. The third-order valence-electron chi connectivity index (χ3n) is 4.03. The van der Waals surface area contributed by atoms with E-state index >= 15 is 0 Å². The van der Waals surface area contributed by atoms with Crippen LogP contribution in [0, 0.1) is 29.6 Å². The predicted molar refractivity (Wildman–Crippen MR) is 78.3 cm³/mol. The average Bonchev–Trinajstić information content (AvgIpc) is 2.29. The van der Waals surface area contributed by atoms with Crippen LogP contribution in [-0.4, -0.2) is 12.3 Å². The van der Waals surface area contributed by atoms with Gasteiger partial charge in [0.25, 0.3) is 0 Å². The zero-order valence-corrected chi connectivity index (χ0v) is 12.2. The van der Waals surface area contributed by atoms with Gasteiger partial charge in [-0.1, -0.05) is 52.7 Å². The van der Waals surface area contributed by atoms with Crippen molar-refractivity contribution in [1.29, 1.82) is 0 Å². The molecule has 17 heavy (non-hydrogen) atoms. The summed E-state index contributed by atoms with van der Waals surface area (Å²) in [6, 6.07) is 0.293. The lowest BCUT2D eigenvalue weighted by Gasteiger charge is -2.39. The highest BCUT2D eigenvalue weighted by atomic mass is 14.8. The first-order valence-electron chi connectivity index (χ1n) is 6.52. The highest BCUT2D eigenvalue weighted by Gasteiger charge is 2.35. The normalized spacial score (nSPS) is 18.2. The van der Waals surface area contributed by atoms with E-state index in [0.29, 0.717) is 17.9 Å². The Kier molecular flexibility index (Phi) is 6.88. The van der Waals surface area contributed by atoms with Gasteiger partial charge >= 0.3 is 0 Å². The molecule has 0 heterocycles. The summed E-state index contributed by atoms with van der Waals surface area (Å²) in [5, 5.41) is 0. The molecule has 0 aliphatic rings. The molecule has 0 bridgehead atoms. The first-order valence-corrected chi connectivity index (χ1v) is 6.52. The largest absolute Gasteiger partial charge is 0.280 e. The van der Waals surface area contributed by atoms with Gasteiger partial charge in [0.05, 0.1) is 12.3 Å². The van der Waals surface area contributed by atoms with E-state index in [1.165, 1.54) is 0 Å². The van der Waals surface area contributed by atoms with Crippen LogP contribution in [0.2, 0.25) is 0 Å². The molecule has 96 valence electrons. The molecule has 0 N–H and O–H groups in total. The van der Waals surface area contributed by atoms with Gasteiger partial charge in [0, 0.05) is 0 Å². The summed E-state index contributed by atoms with van der Waals surface area (Å²) in [4.78, 5) is 4.51. The van der Waals surface area contributed by atoms with Crippen molar-refractivity contribution in [2.45, 2.75) is 54.0 Å². The summed E-state index contributed by atoms with van der Waals surface area (Å²) in [7, 11) is 0. The molecule has 0 aromatic carbocycles. The molecule has 0 rings (SSSR count). The Hall–Kier alpha value is -1.03. The minimum Gasteiger partial charge on any atom is -0.280 e. The molecule has 0 spiro atoms. The van der Waals surface area contributed by atoms with Crippen molar-refractivity contribution in [1.82, 2.24) is 0 Å². The highest BCUT2D eigenvalue weighted by molar-refractivity contribution is 5.77. The molecule has 1 heteroatoms. The lowest BCUT2D eigenvalue weighted by atomic mass is 9.68. The molecule has 0 amide bonds. The first kappa shape index (κ1) is 16.0. The Morgan fingerprint density at radius 3 is 2.35 bits per heavy atom. The van der Waals surface area contributed by atoms with Gasteiger partial charge in [-0.3, -0.25) is 4.99 Å². The molecule has 2 unspecified atom stereocenters. The number of terminal acetylenes is 1. The molecule has 0 saturated heterocycles. The van der Waals surface area contributed by atoms with E-state index in [1.807, 2.05) is 0 Å². The topological polar surface area (TPSA) is 12.4 Å². The van der Waals surface area contributed by atoms with E-state index in [9.17, 15) is 0 Å². The number of allylic oxidation sites excluding steroid dienone is 2. The molecule has 0 aromatic rings. The van der Waals surface area contributed by atoms with Crippen LogP contribution in [0.1, 0.15) is 48.0 Å². The third-order valence-corrected chi connectivity index (χ3v) is 4.03. The molecule has 0 aliphatic carbocycles. The minimum atomic E-state index is 0.154. The van der Waals surface area contributed by atoms with Crippen LogP contribution in [0.15, 0.2) is 17.1 Å². The van der Waals surface area contributed by atoms with E-state index in [1.54, 1.807) is 6.21 Å². The molecule has 0 fully saturated rings. The van der Waals surface area contributed by atoms with E-state index in [4.69, 9.17) is 6.42 Å². The van der Waals surface area contributed by atoms with Crippen molar-refractivity contribution in [3.8, 4) is 12.3 Å². The molecule has 0 radical (unpaired) electrons. The van der Waals surface area contributed by atoms with Crippen LogP contribution in [-0.2, 0) is 0 Å². The summed E-state index contributed by atoms with van der Waals surface area (Å²) in [5.74, 6) is 3.62. The summed E-state index contributed by atoms with van der Waals surface area (Å²) < 4.78 is 0. The van der Waals surface area contributed by atoms with Crippen LogP contribution in [0.25, 0.3) is 0 Å². The summed E-state index contributed by atoms with van der Waals surface area (Å²) in [6.07, 6.45) is 12.3. The van der Waals surface area contributed by atoms with Crippen molar-refractivity contribution < 1.29 is 0 Å². The Morgan fingerprint density at radius 1 is 1.35 bits per heavy atom. The van der Waals surface area contributed by atoms with Crippen molar-refractivity contribution in [2.24, 2.45) is 22.2 Å². The van der Waals surface area contributed by atoms with E-state index in [-0.39, 0.29) is 5.41 Å². The van der Waals surface area contributed by atoms with Crippen molar-refractivity contribution in [3.05, 3.63) is 12.2 Å². The van der Waals surface area contributed by atoms with E-state index in [0.717, 1.165) is 6.42 Å². The SMILES string of the molecule is C#C/C=N/[C@@H](CC)C(C)(C)C(C)C(C)/C=C/C. The molecule has 0 saturated carbocycles. The fourth-order valence-corrected chi connectivity index (χ4v) is 2.41. The van der Waals surface area contributed by atoms with Crippen LogP contribution in [0.4, 0.5) is 0 Å². The zero-order valence-electron chi connectivity index (χ0n) is 12.2. The van der Waals surface area contributed by atoms with Gasteiger partial charge in [-0.15, -0.1) is 6.42 Å². The van der Waals surface area contributed by atoms with Crippen molar-refractivity contribution in [3.63, 3.8) is 0 Å². The number of aliphatic imine (C=N–C) groups is 1. The zero-order chi connectivity index (χ0) is 13.5. The second kappa shape index (κ2) is 7.33. The Morgan fingerprint density at radius 2 is 1.94 bits per heavy atom. The maximum atomic E-state index is 5.25. The average molecular weight is 233 g/mol. The second-order valence-electron chi connectivity index (χ2n) is 5.36. The van der Waals surface area contributed by atoms with Gasteiger partial charge in [-0.25, -0.2) is 0 Å². The van der Waals surface area contributed by atoms with E-state index < -0.39 is 0 Å². The molecular weight excluding hydrogens is 206 g/mol. The fourth-order valence-electron chi connectivity index (χ4n) is 2.41. The monoisotopic (exact) mass is 233 g/mol. The molecule has 1 nitrogen and oxygen atoms in total. The van der Waals surface area contributed by atoms with Gasteiger partial charge in [-0.05, 0) is 30.6 Å². The molecule has 3 atom stereocenters. The standard InChI is InChI=1S/C16H27N/c1-8-11-13(4)14(5)16(6,7)15(10-3)17-12-9-2/h2,8,11-15H,10H2,1,3-7H3/b11-8+,17-12+/t13?,14?,15-/m0/s1.